The SMILES string of the molecule is COc1ccc(Cl)cc1NC(=O)CSCCCN1C(=O)c2ccccc2C1=O. The molecule has 0 aromatic heterocycles. The van der Waals surface area contributed by atoms with Gasteiger partial charge in [-0.15, -0.1) is 0 Å². The van der Waals surface area contributed by atoms with Crippen molar-refractivity contribution in [2.75, 3.05) is 30.5 Å². The molecule has 3 rings (SSSR count). The van der Waals surface area contributed by atoms with Crippen molar-refractivity contribution in [3.05, 3.63) is 58.6 Å². The summed E-state index contributed by atoms with van der Waals surface area (Å²) in [5.41, 5.74) is 1.43. The fourth-order valence-corrected chi connectivity index (χ4v) is 3.80. The molecule has 0 atom stereocenters. The van der Waals surface area contributed by atoms with Crippen LogP contribution in [0.1, 0.15) is 27.1 Å². The third-order valence-electron chi connectivity index (χ3n) is 4.22. The van der Waals surface area contributed by atoms with E-state index >= 15 is 0 Å². The maximum atomic E-state index is 12.3. The van der Waals surface area contributed by atoms with Crippen molar-refractivity contribution in [3.8, 4) is 5.75 Å². The summed E-state index contributed by atoms with van der Waals surface area (Å²) >= 11 is 7.38. The highest BCUT2D eigenvalue weighted by molar-refractivity contribution is 7.99. The number of rotatable bonds is 8. The summed E-state index contributed by atoms with van der Waals surface area (Å²) in [4.78, 5) is 37.9. The van der Waals surface area contributed by atoms with Crippen molar-refractivity contribution >= 4 is 46.8 Å². The van der Waals surface area contributed by atoms with Crippen LogP contribution in [0.2, 0.25) is 5.02 Å². The van der Waals surface area contributed by atoms with E-state index in [2.05, 4.69) is 5.32 Å². The van der Waals surface area contributed by atoms with Crippen LogP contribution in [0.3, 0.4) is 0 Å². The predicted molar refractivity (Wildman–Crippen MR) is 110 cm³/mol. The molecule has 3 amide bonds. The summed E-state index contributed by atoms with van der Waals surface area (Å²) in [6, 6.07) is 11.8. The number of benzene rings is 2. The number of fused-ring (bicyclic) bond motifs is 1. The molecule has 0 aliphatic carbocycles. The van der Waals surface area contributed by atoms with E-state index in [0.29, 0.717) is 46.3 Å². The smallest absolute Gasteiger partial charge is 0.261 e. The summed E-state index contributed by atoms with van der Waals surface area (Å²) in [5.74, 6) is 0.748. The van der Waals surface area contributed by atoms with E-state index in [4.69, 9.17) is 16.3 Å². The van der Waals surface area contributed by atoms with Crippen LogP contribution in [0.5, 0.6) is 5.75 Å². The van der Waals surface area contributed by atoms with Gasteiger partial charge < -0.3 is 10.1 Å². The Bertz CT molecular complexity index is 884. The van der Waals surface area contributed by atoms with Crippen molar-refractivity contribution in [2.24, 2.45) is 0 Å². The number of ether oxygens (including phenoxy) is 1. The van der Waals surface area contributed by atoms with Gasteiger partial charge in [-0.3, -0.25) is 19.3 Å². The first kappa shape index (κ1) is 20.2. The van der Waals surface area contributed by atoms with Gasteiger partial charge in [-0.1, -0.05) is 23.7 Å². The highest BCUT2D eigenvalue weighted by Crippen LogP contribution is 2.28. The molecular weight excluding hydrogens is 400 g/mol. The molecule has 28 heavy (non-hydrogen) atoms. The minimum absolute atomic E-state index is 0.175. The first-order valence-electron chi connectivity index (χ1n) is 8.67. The van der Waals surface area contributed by atoms with Gasteiger partial charge in [0.1, 0.15) is 5.75 Å². The standard InChI is InChI=1S/C20H19ClN2O4S/c1-27-17-8-7-13(21)11-16(17)22-18(24)12-28-10-4-9-23-19(25)14-5-2-3-6-15(14)20(23)26/h2-3,5-8,11H,4,9-10,12H2,1H3,(H,22,24). The van der Waals surface area contributed by atoms with Crippen LogP contribution in [-0.4, -0.2) is 47.8 Å². The molecule has 2 aromatic rings. The maximum absolute atomic E-state index is 12.3. The zero-order valence-corrected chi connectivity index (χ0v) is 16.8. The highest BCUT2D eigenvalue weighted by Gasteiger charge is 2.34. The van der Waals surface area contributed by atoms with Gasteiger partial charge in [-0.05, 0) is 42.5 Å². The second kappa shape index (κ2) is 9.12. The molecule has 1 aliphatic rings. The molecule has 2 aromatic carbocycles. The summed E-state index contributed by atoms with van der Waals surface area (Å²) in [7, 11) is 1.52. The number of methoxy groups -OCH3 is 1. The van der Waals surface area contributed by atoms with E-state index in [0.717, 1.165) is 0 Å². The summed E-state index contributed by atoms with van der Waals surface area (Å²) in [6.07, 6.45) is 0.615. The highest BCUT2D eigenvalue weighted by atomic mass is 35.5. The van der Waals surface area contributed by atoms with Gasteiger partial charge in [-0.2, -0.15) is 11.8 Å². The van der Waals surface area contributed by atoms with E-state index in [1.807, 2.05) is 0 Å². The quantitative estimate of drug-likeness (QED) is 0.522. The van der Waals surface area contributed by atoms with Crippen LogP contribution < -0.4 is 10.1 Å². The summed E-state index contributed by atoms with van der Waals surface area (Å²) in [6.45, 7) is 0.336. The number of nitrogens with one attached hydrogen (secondary N) is 1. The zero-order valence-electron chi connectivity index (χ0n) is 15.2. The van der Waals surface area contributed by atoms with Gasteiger partial charge >= 0.3 is 0 Å². The lowest BCUT2D eigenvalue weighted by atomic mass is 10.1. The second-order valence-electron chi connectivity index (χ2n) is 6.11. The van der Waals surface area contributed by atoms with Gasteiger partial charge in [0.2, 0.25) is 5.91 Å². The van der Waals surface area contributed by atoms with Crippen LogP contribution in [0, 0.1) is 0 Å². The molecule has 0 saturated heterocycles. The number of halogens is 1. The molecule has 0 saturated carbocycles. The Morgan fingerprint density at radius 3 is 2.46 bits per heavy atom. The Labute approximate surface area is 172 Å². The molecule has 1 N–H and O–H groups in total. The lowest BCUT2D eigenvalue weighted by molar-refractivity contribution is -0.113. The average Bonchev–Trinajstić information content (AvgIpc) is 2.93. The van der Waals surface area contributed by atoms with Crippen LogP contribution in [-0.2, 0) is 4.79 Å². The number of carbonyl (C=O) groups is 3. The number of hydrogen-bond acceptors (Lipinski definition) is 5. The van der Waals surface area contributed by atoms with E-state index in [1.54, 1.807) is 42.5 Å². The fraction of sp³-hybridized carbons (Fsp3) is 0.250. The van der Waals surface area contributed by atoms with Gasteiger partial charge in [-0.25, -0.2) is 0 Å². The lowest BCUT2D eigenvalue weighted by Gasteiger charge is -2.13. The summed E-state index contributed by atoms with van der Waals surface area (Å²) < 4.78 is 5.20. The molecule has 146 valence electrons. The van der Waals surface area contributed by atoms with E-state index < -0.39 is 0 Å². The lowest BCUT2D eigenvalue weighted by Crippen LogP contribution is -2.31. The Hall–Kier alpha value is -2.51. The first-order valence-corrected chi connectivity index (χ1v) is 10.2. The molecule has 0 fully saturated rings. The third-order valence-corrected chi connectivity index (χ3v) is 5.50. The second-order valence-corrected chi connectivity index (χ2v) is 7.65. The number of imide groups is 1. The minimum Gasteiger partial charge on any atom is -0.495 e. The molecule has 0 spiro atoms. The number of hydrogen-bond donors (Lipinski definition) is 1. The van der Waals surface area contributed by atoms with Gasteiger partial charge in [0.25, 0.3) is 11.8 Å². The molecule has 1 heterocycles. The van der Waals surface area contributed by atoms with Crippen molar-refractivity contribution in [1.82, 2.24) is 4.90 Å². The number of carbonyl (C=O) groups excluding carboxylic acids is 3. The van der Waals surface area contributed by atoms with E-state index in [-0.39, 0.29) is 23.5 Å². The minimum atomic E-state index is -0.253. The largest absolute Gasteiger partial charge is 0.495 e. The maximum Gasteiger partial charge on any atom is 0.261 e. The van der Waals surface area contributed by atoms with Crippen LogP contribution >= 0.6 is 23.4 Å². The predicted octanol–water partition coefficient (Wildman–Crippen LogP) is 3.71. The topological polar surface area (TPSA) is 75.7 Å². The Balaban J connectivity index is 1.42. The number of nitrogens with zero attached hydrogens (tertiary/aromatic N) is 1. The molecule has 1 aliphatic heterocycles. The number of amides is 3. The molecular formula is C20H19ClN2O4S. The first-order chi connectivity index (χ1) is 13.5. The van der Waals surface area contributed by atoms with E-state index in [1.165, 1.54) is 23.8 Å². The third kappa shape index (κ3) is 4.48. The van der Waals surface area contributed by atoms with Gasteiger partial charge in [0.05, 0.1) is 29.7 Å². The average molecular weight is 419 g/mol. The Morgan fingerprint density at radius 2 is 1.82 bits per heavy atom. The number of thioether (sulfide) groups is 1. The fourth-order valence-electron chi connectivity index (χ4n) is 2.90. The Morgan fingerprint density at radius 1 is 1.14 bits per heavy atom. The monoisotopic (exact) mass is 418 g/mol. The van der Waals surface area contributed by atoms with Crippen LogP contribution in [0.4, 0.5) is 5.69 Å². The van der Waals surface area contributed by atoms with Crippen molar-refractivity contribution in [1.29, 1.82) is 0 Å². The van der Waals surface area contributed by atoms with Gasteiger partial charge in [0.15, 0.2) is 0 Å². The van der Waals surface area contributed by atoms with Crippen LogP contribution in [0.15, 0.2) is 42.5 Å². The molecule has 6 nitrogen and oxygen atoms in total. The summed E-state index contributed by atoms with van der Waals surface area (Å²) in [5, 5.41) is 3.28. The molecule has 8 heteroatoms. The van der Waals surface area contributed by atoms with Crippen LogP contribution in [0.25, 0.3) is 0 Å². The van der Waals surface area contributed by atoms with Crippen molar-refractivity contribution in [2.45, 2.75) is 6.42 Å². The van der Waals surface area contributed by atoms with Crippen molar-refractivity contribution in [3.63, 3.8) is 0 Å². The van der Waals surface area contributed by atoms with Crippen molar-refractivity contribution < 1.29 is 19.1 Å². The molecule has 0 radical (unpaired) electrons. The molecule has 0 unspecified atom stereocenters. The normalized spacial score (nSPS) is 12.9. The Kier molecular flexibility index (Phi) is 6.59. The molecule has 0 bridgehead atoms. The zero-order chi connectivity index (χ0) is 20.1. The van der Waals surface area contributed by atoms with E-state index in [9.17, 15) is 14.4 Å². The number of anilines is 1. The van der Waals surface area contributed by atoms with Gasteiger partial charge in [0, 0.05) is 11.6 Å².